The Morgan fingerprint density at radius 1 is 1.40 bits per heavy atom. The van der Waals surface area contributed by atoms with Gasteiger partial charge in [-0.15, -0.1) is 0 Å². The van der Waals surface area contributed by atoms with Gasteiger partial charge in [0.15, 0.2) is 0 Å². The molecule has 1 aliphatic rings. The second-order valence-corrected chi connectivity index (χ2v) is 4.98. The van der Waals surface area contributed by atoms with Crippen molar-refractivity contribution >= 4 is 15.9 Å². The van der Waals surface area contributed by atoms with Gasteiger partial charge in [-0.2, -0.15) is 0 Å². The van der Waals surface area contributed by atoms with E-state index >= 15 is 0 Å². The van der Waals surface area contributed by atoms with Crippen molar-refractivity contribution in [3.63, 3.8) is 0 Å². The Labute approximate surface area is 97.3 Å². The summed E-state index contributed by atoms with van der Waals surface area (Å²) < 4.78 is 0.950. The van der Waals surface area contributed by atoms with Crippen LogP contribution in [0.5, 0.6) is 5.75 Å². The first-order valence-electron chi connectivity index (χ1n) is 4.98. The minimum absolute atomic E-state index is 0.0885. The highest BCUT2D eigenvalue weighted by molar-refractivity contribution is 9.10. The van der Waals surface area contributed by atoms with E-state index < -0.39 is 0 Å². The average molecular weight is 272 g/mol. The van der Waals surface area contributed by atoms with Gasteiger partial charge >= 0.3 is 0 Å². The van der Waals surface area contributed by atoms with E-state index in [0.29, 0.717) is 12.3 Å². The Morgan fingerprint density at radius 2 is 2.13 bits per heavy atom. The number of phenols is 1. The molecule has 4 heteroatoms. The van der Waals surface area contributed by atoms with E-state index in [9.17, 15) is 5.11 Å². The van der Waals surface area contributed by atoms with E-state index in [0.717, 1.165) is 22.9 Å². The number of hydrogen-bond acceptors (Lipinski definition) is 3. The molecule has 1 aliphatic carbocycles. The van der Waals surface area contributed by atoms with Crippen molar-refractivity contribution in [1.29, 1.82) is 0 Å². The third kappa shape index (κ3) is 2.51. The zero-order chi connectivity index (χ0) is 10.9. The van der Waals surface area contributed by atoms with Gasteiger partial charge in [0, 0.05) is 22.1 Å². The quantitative estimate of drug-likeness (QED) is 0.783. The van der Waals surface area contributed by atoms with E-state index in [1.807, 2.05) is 6.07 Å². The van der Waals surface area contributed by atoms with Crippen molar-refractivity contribution in [2.24, 2.45) is 0 Å². The van der Waals surface area contributed by atoms with Crippen molar-refractivity contribution in [1.82, 2.24) is 5.32 Å². The summed E-state index contributed by atoms with van der Waals surface area (Å²) in [5.74, 6) is 0.291. The van der Waals surface area contributed by atoms with Crippen LogP contribution in [0, 0.1) is 0 Å². The second-order valence-electron chi connectivity index (χ2n) is 4.07. The molecule has 0 bridgehead atoms. The lowest BCUT2D eigenvalue weighted by molar-refractivity contribution is 0.229. The molecule has 1 aromatic rings. The highest BCUT2D eigenvalue weighted by atomic mass is 79.9. The van der Waals surface area contributed by atoms with Gasteiger partial charge in [-0.05, 0) is 31.0 Å². The molecule has 0 atom stereocenters. The molecular formula is C11H14BrNO2. The maximum Gasteiger partial charge on any atom is 0.120 e. The molecule has 0 radical (unpaired) electrons. The summed E-state index contributed by atoms with van der Waals surface area (Å²) in [7, 11) is 0. The molecule has 0 spiro atoms. The topological polar surface area (TPSA) is 52.5 Å². The van der Waals surface area contributed by atoms with Crippen molar-refractivity contribution in [2.75, 3.05) is 6.61 Å². The van der Waals surface area contributed by atoms with Crippen molar-refractivity contribution in [3.05, 3.63) is 28.2 Å². The van der Waals surface area contributed by atoms with Gasteiger partial charge in [-0.25, -0.2) is 0 Å². The molecule has 2 rings (SSSR count). The highest BCUT2D eigenvalue weighted by Crippen LogP contribution is 2.35. The molecule has 0 aliphatic heterocycles. The highest BCUT2D eigenvalue weighted by Gasteiger charge is 2.41. The Balaban J connectivity index is 2.01. The first-order chi connectivity index (χ1) is 7.15. The zero-order valence-electron chi connectivity index (χ0n) is 8.33. The molecule has 0 heterocycles. The summed E-state index contributed by atoms with van der Waals surface area (Å²) in [6, 6.07) is 5.35. The first-order valence-corrected chi connectivity index (χ1v) is 5.78. The SMILES string of the molecule is OCC1(NCc2cc(Br)ccc2O)CC1. The molecule has 15 heavy (non-hydrogen) atoms. The Morgan fingerprint density at radius 3 is 2.73 bits per heavy atom. The standard InChI is InChI=1S/C11H14BrNO2/c12-9-1-2-10(15)8(5-9)6-13-11(7-14)3-4-11/h1-2,5,13-15H,3-4,6-7H2. The Kier molecular flexibility index (Phi) is 3.00. The third-order valence-electron chi connectivity index (χ3n) is 2.85. The molecular weight excluding hydrogens is 258 g/mol. The fourth-order valence-electron chi connectivity index (χ4n) is 1.52. The maximum atomic E-state index is 9.60. The van der Waals surface area contributed by atoms with Crippen LogP contribution >= 0.6 is 15.9 Å². The molecule has 1 saturated carbocycles. The van der Waals surface area contributed by atoms with Gasteiger partial charge in [-0.3, -0.25) is 0 Å². The van der Waals surface area contributed by atoms with Gasteiger partial charge in [-0.1, -0.05) is 15.9 Å². The molecule has 82 valence electrons. The smallest absolute Gasteiger partial charge is 0.120 e. The van der Waals surface area contributed by atoms with Gasteiger partial charge < -0.3 is 15.5 Å². The van der Waals surface area contributed by atoms with E-state index in [-0.39, 0.29) is 12.1 Å². The molecule has 0 amide bonds. The van der Waals surface area contributed by atoms with Crippen molar-refractivity contribution in [3.8, 4) is 5.75 Å². The third-order valence-corrected chi connectivity index (χ3v) is 3.34. The fourth-order valence-corrected chi connectivity index (χ4v) is 1.93. The van der Waals surface area contributed by atoms with Crippen LogP contribution in [-0.2, 0) is 6.54 Å². The van der Waals surface area contributed by atoms with E-state index in [2.05, 4.69) is 21.2 Å². The van der Waals surface area contributed by atoms with Gasteiger partial charge in [0.25, 0.3) is 0 Å². The zero-order valence-corrected chi connectivity index (χ0v) is 9.92. The molecule has 0 aromatic heterocycles. The van der Waals surface area contributed by atoms with Crippen LogP contribution in [0.2, 0.25) is 0 Å². The number of nitrogens with one attached hydrogen (secondary N) is 1. The number of aromatic hydroxyl groups is 1. The van der Waals surface area contributed by atoms with Crippen molar-refractivity contribution in [2.45, 2.75) is 24.9 Å². The summed E-state index contributed by atoms with van der Waals surface area (Å²) in [4.78, 5) is 0. The molecule has 1 aromatic carbocycles. The fraction of sp³-hybridized carbons (Fsp3) is 0.455. The molecule has 0 saturated heterocycles. The van der Waals surface area contributed by atoms with Crippen LogP contribution in [0.1, 0.15) is 18.4 Å². The van der Waals surface area contributed by atoms with Crippen LogP contribution in [-0.4, -0.2) is 22.4 Å². The first kappa shape index (κ1) is 10.9. The lowest BCUT2D eigenvalue weighted by Crippen LogP contribution is -2.34. The average Bonchev–Trinajstić information content (AvgIpc) is 3.00. The molecule has 3 nitrogen and oxygen atoms in total. The van der Waals surface area contributed by atoms with Crippen LogP contribution in [0.3, 0.4) is 0 Å². The summed E-state index contributed by atoms with van der Waals surface area (Å²) in [5, 5.41) is 22.0. The predicted octanol–water partition coefficient (Wildman–Crippen LogP) is 1.77. The van der Waals surface area contributed by atoms with E-state index in [4.69, 9.17) is 5.11 Å². The second kappa shape index (κ2) is 4.12. The minimum atomic E-state index is -0.0885. The summed E-state index contributed by atoms with van der Waals surface area (Å²) in [5.41, 5.74) is 0.762. The van der Waals surface area contributed by atoms with Gasteiger partial charge in [0.2, 0.25) is 0 Å². The van der Waals surface area contributed by atoms with Crippen LogP contribution in [0.25, 0.3) is 0 Å². The minimum Gasteiger partial charge on any atom is -0.508 e. The van der Waals surface area contributed by atoms with Crippen molar-refractivity contribution < 1.29 is 10.2 Å². The predicted molar refractivity (Wildman–Crippen MR) is 61.7 cm³/mol. The normalized spacial score (nSPS) is 17.7. The number of aliphatic hydroxyl groups excluding tert-OH is 1. The number of rotatable bonds is 4. The molecule has 3 N–H and O–H groups in total. The lowest BCUT2D eigenvalue weighted by atomic mass is 10.2. The Hall–Kier alpha value is -0.580. The number of hydrogen-bond donors (Lipinski definition) is 3. The van der Waals surface area contributed by atoms with E-state index in [1.165, 1.54) is 0 Å². The maximum absolute atomic E-state index is 9.60. The summed E-state index contributed by atoms with van der Waals surface area (Å²) >= 11 is 3.36. The number of benzene rings is 1. The monoisotopic (exact) mass is 271 g/mol. The van der Waals surface area contributed by atoms with Crippen LogP contribution in [0.15, 0.2) is 22.7 Å². The Bertz CT molecular complexity index is 364. The van der Waals surface area contributed by atoms with E-state index in [1.54, 1.807) is 12.1 Å². The number of halogens is 1. The van der Waals surface area contributed by atoms with Crippen LogP contribution in [0.4, 0.5) is 0 Å². The number of aliphatic hydroxyl groups is 1. The summed E-state index contributed by atoms with van der Waals surface area (Å²) in [6.45, 7) is 0.758. The summed E-state index contributed by atoms with van der Waals surface area (Å²) in [6.07, 6.45) is 2.02. The molecule has 0 unspecified atom stereocenters. The van der Waals surface area contributed by atoms with Crippen LogP contribution < -0.4 is 5.32 Å². The molecule has 1 fully saturated rings. The lowest BCUT2D eigenvalue weighted by Gasteiger charge is -2.14. The van der Waals surface area contributed by atoms with Gasteiger partial charge in [0.05, 0.1) is 6.61 Å². The van der Waals surface area contributed by atoms with Gasteiger partial charge in [0.1, 0.15) is 5.75 Å². The largest absolute Gasteiger partial charge is 0.508 e. The number of phenolic OH excluding ortho intramolecular Hbond substituents is 1.